The molecule has 0 radical (unpaired) electrons. The molecule has 2 atom stereocenters. The van der Waals surface area contributed by atoms with Crippen LogP contribution >= 0.6 is 0 Å². The van der Waals surface area contributed by atoms with Gasteiger partial charge in [-0.15, -0.1) is 0 Å². The molecule has 2 heterocycles. The van der Waals surface area contributed by atoms with Gasteiger partial charge in [0, 0.05) is 23.3 Å². The van der Waals surface area contributed by atoms with E-state index >= 15 is 0 Å². The minimum absolute atomic E-state index is 0.00807. The molecule has 1 fully saturated rings. The summed E-state index contributed by atoms with van der Waals surface area (Å²) >= 11 is 0. The Morgan fingerprint density at radius 3 is 2.69 bits per heavy atom. The fourth-order valence-corrected chi connectivity index (χ4v) is 5.94. The number of benzene rings is 1. The number of ether oxygens (including phenoxy) is 2. The van der Waals surface area contributed by atoms with Crippen LogP contribution in [0.5, 0.6) is 5.75 Å². The van der Waals surface area contributed by atoms with E-state index < -0.39 is 40.0 Å². The van der Waals surface area contributed by atoms with Gasteiger partial charge in [-0.2, -0.15) is 8.78 Å². The van der Waals surface area contributed by atoms with E-state index in [1.54, 1.807) is 19.9 Å². The van der Waals surface area contributed by atoms with Crippen molar-refractivity contribution in [1.29, 1.82) is 0 Å². The summed E-state index contributed by atoms with van der Waals surface area (Å²) in [6.07, 6.45) is 0.373. The summed E-state index contributed by atoms with van der Waals surface area (Å²) < 4.78 is 59.3. The number of hydrogen-bond donors (Lipinski definition) is 3. The maximum atomic E-state index is 12.9. The summed E-state index contributed by atoms with van der Waals surface area (Å²) in [4.78, 5) is 25.2. The predicted molar refractivity (Wildman–Crippen MR) is 111 cm³/mol. The molecule has 0 aromatic heterocycles. The molecular weight excluding hydrogens is 448 g/mol. The quantitative estimate of drug-likeness (QED) is 0.491. The minimum Gasteiger partial charge on any atom is -0.463 e. The van der Waals surface area contributed by atoms with E-state index in [1.807, 2.05) is 0 Å². The van der Waals surface area contributed by atoms with Gasteiger partial charge in [-0.05, 0) is 26.3 Å². The van der Waals surface area contributed by atoms with Gasteiger partial charge >= 0.3 is 18.6 Å². The Balaban J connectivity index is 2.00. The topological polar surface area (TPSA) is 123 Å². The minimum atomic E-state index is -3.18. The molecule has 3 N–H and O–H groups in total. The first-order valence-corrected chi connectivity index (χ1v) is 11.8. The van der Waals surface area contributed by atoms with E-state index in [0.717, 1.165) is 0 Å². The number of esters is 1. The van der Waals surface area contributed by atoms with Gasteiger partial charge in [-0.1, -0.05) is 18.2 Å². The molecule has 1 aromatic rings. The third-order valence-electron chi connectivity index (χ3n) is 5.29. The zero-order valence-corrected chi connectivity index (χ0v) is 18.4. The van der Waals surface area contributed by atoms with E-state index in [2.05, 4.69) is 20.7 Å². The zero-order valence-electron chi connectivity index (χ0n) is 17.6. The van der Waals surface area contributed by atoms with Gasteiger partial charge in [0.15, 0.2) is 9.84 Å². The molecule has 32 heavy (non-hydrogen) atoms. The molecule has 9 nitrogen and oxygen atoms in total. The number of para-hydroxylation sites is 1. The van der Waals surface area contributed by atoms with Gasteiger partial charge in [0.1, 0.15) is 5.75 Å². The number of alkyl halides is 2. The van der Waals surface area contributed by atoms with Crippen molar-refractivity contribution in [2.45, 2.75) is 38.5 Å². The largest absolute Gasteiger partial charge is 0.463 e. The third-order valence-corrected chi connectivity index (χ3v) is 7.19. The number of rotatable bonds is 8. The van der Waals surface area contributed by atoms with Gasteiger partial charge in [0.05, 0.1) is 29.7 Å². The molecule has 2 amide bonds. The van der Waals surface area contributed by atoms with Crippen LogP contribution in [0.2, 0.25) is 0 Å². The van der Waals surface area contributed by atoms with E-state index in [0.29, 0.717) is 6.42 Å². The van der Waals surface area contributed by atoms with Crippen molar-refractivity contribution in [2.24, 2.45) is 0 Å². The second-order valence-electron chi connectivity index (χ2n) is 7.82. The Labute approximate surface area is 184 Å². The Hall–Kier alpha value is -2.73. The smallest absolute Gasteiger partial charge is 0.387 e. The van der Waals surface area contributed by atoms with Gasteiger partial charge in [0.2, 0.25) is 0 Å². The van der Waals surface area contributed by atoms with Gasteiger partial charge < -0.3 is 25.4 Å². The Bertz CT molecular complexity index is 1030. The number of carbonyl (C=O) groups excluding carboxylic acids is 2. The molecule has 1 saturated heterocycles. The molecule has 2 aliphatic heterocycles. The summed E-state index contributed by atoms with van der Waals surface area (Å²) in [6, 6.07) is 4.05. The van der Waals surface area contributed by atoms with Crippen molar-refractivity contribution in [2.75, 3.05) is 24.7 Å². The van der Waals surface area contributed by atoms with Crippen LogP contribution in [0, 0.1) is 0 Å². The highest BCUT2D eigenvalue weighted by molar-refractivity contribution is 7.91. The molecular formula is C20H25F2N3O6S. The molecule has 176 valence electrons. The number of urea groups is 1. The maximum absolute atomic E-state index is 12.9. The Morgan fingerprint density at radius 1 is 1.34 bits per heavy atom. The molecule has 0 unspecified atom stereocenters. The lowest BCUT2D eigenvalue weighted by molar-refractivity contribution is -0.139. The van der Waals surface area contributed by atoms with Crippen LogP contribution in [0.15, 0.2) is 35.5 Å². The average Bonchev–Trinajstić information content (AvgIpc) is 2.99. The molecule has 3 rings (SSSR count). The van der Waals surface area contributed by atoms with Crippen molar-refractivity contribution in [3.63, 3.8) is 0 Å². The summed E-state index contributed by atoms with van der Waals surface area (Å²) in [5.41, 5.74) is -0.422. The van der Waals surface area contributed by atoms with Crippen molar-refractivity contribution < 1.29 is 36.3 Å². The lowest BCUT2D eigenvalue weighted by atomic mass is 9.93. The molecule has 0 saturated carbocycles. The van der Waals surface area contributed by atoms with E-state index in [9.17, 15) is 26.8 Å². The number of amides is 2. The first-order chi connectivity index (χ1) is 15.0. The number of sulfone groups is 1. The molecule has 1 aromatic carbocycles. The molecule has 2 aliphatic rings. The normalized spacial score (nSPS) is 24.8. The second kappa shape index (κ2) is 9.41. The predicted octanol–water partition coefficient (Wildman–Crippen LogP) is 1.63. The highest BCUT2D eigenvalue weighted by Crippen LogP contribution is 2.34. The molecule has 0 aliphatic carbocycles. The fourth-order valence-electron chi connectivity index (χ4n) is 3.81. The summed E-state index contributed by atoms with van der Waals surface area (Å²) in [6.45, 7) is 0.262. The fraction of sp³-hybridized carbons (Fsp3) is 0.500. The van der Waals surface area contributed by atoms with Crippen LogP contribution in [0.3, 0.4) is 0 Å². The Morgan fingerprint density at radius 2 is 2.06 bits per heavy atom. The van der Waals surface area contributed by atoms with E-state index in [-0.39, 0.29) is 47.2 Å². The average molecular weight is 473 g/mol. The molecule has 0 bridgehead atoms. The SMILES string of the molecule is CCOC(=O)C1=C(CN[C@@]2(C)CCS(=O)(=O)C2)NC(=O)N[C@@H]1c1ccccc1OC(F)F. The second-order valence-corrected chi connectivity index (χ2v) is 10.0. The van der Waals surface area contributed by atoms with Crippen LogP contribution in [0.1, 0.15) is 31.9 Å². The number of nitrogens with one attached hydrogen (secondary N) is 3. The standard InChI is InChI=1S/C20H25F2N3O6S/c1-3-30-17(26)15-13(10-23-20(2)8-9-32(28,29)11-20)24-19(27)25-16(15)12-6-4-5-7-14(12)31-18(21)22/h4-7,16,18,23H,3,8-11H2,1-2H3,(H2,24,25,27)/t16-,20+/m1/s1. The highest BCUT2D eigenvalue weighted by atomic mass is 32.2. The lowest BCUT2D eigenvalue weighted by Crippen LogP contribution is -2.51. The summed E-state index contributed by atoms with van der Waals surface area (Å²) in [7, 11) is -3.18. The summed E-state index contributed by atoms with van der Waals surface area (Å²) in [5.74, 6) is -0.992. The van der Waals surface area contributed by atoms with Crippen LogP contribution in [0.25, 0.3) is 0 Å². The van der Waals surface area contributed by atoms with Gasteiger partial charge in [-0.25, -0.2) is 18.0 Å². The zero-order chi connectivity index (χ0) is 23.5. The number of carbonyl (C=O) groups is 2. The highest BCUT2D eigenvalue weighted by Gasteiger charge is 2.40. The van der Waals surface area contributed by atoms with Crippen molar-refractivity contribution >= 4 is 21.8 Å². The summed E-state index contributed by atoms with van der Waals surface area (Å²) in [5, 5.41) is 8.23. The van der Waals surface area contributed by atoms with Crippen molar-refractivity contribution in [3.8, 4) is 5.75 Å². The lowest BCUT2D eigenvalue weighted by Gasteiger charge is -2.32. The molecule has 0 spiro atoms. The van der Waals surface area contributed by atoms with Crippen molar-refractivity contribution in [1.82, 2.24) is 16.0 Å². The van der Waals surface area contributed by atoms with Crippen LogP contribution in [-0.2, 0) is 19.4 Å². The van der Waals surface area contributed by atoms with E-state index in [1.165, 1.54) is 18.2 Å². The van der Waals surface area contributed by atoms with Crippen molar-refractivity contribution in [3.05, 3.63) is 41.1 Å². The third kappa shape index (κ3) is 5.54. The molecule has 12 heteroatoms. The van der Waals surface area contributed by atoms with Gasteiger partial charge in [0.25, 0.3) is 0 Å². The first-order valence-electron chi connectivity index (χ1n) is 10.0. The van der Waals surface area contributed by atoms with Gasteiger partial charge in [-0.3, -0.25) is 0 Å². The van der Waals surface area contributed by atoms with Crippen LogP contribution < -0.4 is 20.7 Å². The van der Waals surface area contributed by atoms with Crippen LogP contribution in [0.4, 0.5) is 13.6 Å². The number of hydrogen-bond acceptors (Lipinski definition) is 7. The first kappa shape index (κ1) is 23.9. The maximum Gasteiger partial charge on any atom is 0.387 e. The monoisotopic (exact) mass is 473 g/mol. The number of halogens is 2. The van der Waals surface area contributed by atoms with E-state index in [4.69, 9.17) is 4.74 Å². The van der Waals surface area contributed by atoms with Crippen LogP contribution in [-0.4, -0.2) is 57.2 Å². The Kier molecular flexibility index (Phi) is 7.03.